The van der Waals surface area contributed by atoms with Crippen molar-refractivity contribution in [2.75, 3.05) is 12.4 Å². The number of rotatable bonds is 5. The maximum absolute atomic E-state index is 12.9. The second-order valence-electron chi connectivity index (χ2n) is 6.57. The van der Waals surface area contributed by atoms with Gasteiger partial charge in [0.2, 0.25) is 5.91 Å². The minimum Gasteiger partial charge on any atom is -0.496 e. The number of carbonyl (C=O) groups excluding carboxylic acids is 1. The second kappa shape index (κ2) is 6.57. The first-order chi connectivity index (χ1) is 12.6. The van der Waals surface area contributed by atoms with Crippen LogP contribution in [0.25, 0.3) is 11.3 Å². The van der Waals surface area contributed by atoms with Crippen LogP contribution in [0.5, 0.6) is 5.75 Å². The van der Waals surface area contributed by atoms with Crippen molar-refractivity contribution >= 4 is 22.9 Å². The molecule has 0 atom stereocenters. The molecule has 1 fully saturated rings. The molecule has 1 N–H and O–H groups in total. The number of carbonyl (C=O) groups is 1. The Morgan fingerprint density at radius 1 is 1.15 bits per heavy atom. The smallest absolute Gasteiger partial charge is 0.235 e. The van der Waals surface area contributed by atoms with Crippen LogP contribution in [0.3, 0.4) is 0 Å². The number of benzene rings is 2. The summed E-state index contributed by atoms with van der Waals surface area (Å²) in [5.74, 6) is 0.800. The van der Waals surface area contributed by atoms with Gasteiger partial charge in [0.15, 0.2) is 0 Å². The number of ether oxygens (including phenoxy) is 1. The molecule has 0 radical (unpaired) electrons. The Bertz CT molecular complexity index is 943. The van der Waals surface area contributed by atoms with Crippen molar-refractivity contribution in [3.05, 3.63) is 64.5 Å². The molecule has 1 saturated carbocycles. The third-order valence-electron chi connectivity index (χ3n) is 4.86. The molecule has 4 nitrogen and oxygen atoms in total. The maximum Gasteiger partial charge on any atom is 0.235 e. The van der Waals surface area contributed by atoms with Crippen LogP contribution in [0.15, 0.2) is 53.9 Å². The summed E-state index contributed by atoms with van der Waals surface area (Å²) in [4.78, 5) is 17.4. The minimum atomic E-state index is -0.475. The number of anilines is 1. The summed E-state index contributed by atoms with van der Waals surface area (Å²) in [7, 11) is 1.64. The van der Waals surface area contributed by atoms with Gasteiger partial charge in [-0.3, -0.25) is 4.79 Å². The Hall–Kier alpha value is -2.66. The number of amides is 1. The monoisotopic (exact) mass is 364 g/mol. The Balaban J connectivity index is 1.53. The van der Waals surface area contributed by atoms with Crippen LogP contribution in [-0.2, 0) is 10.2 Å². The molecular formula is C21H20N2O2S. The second-order valence-corrected chi connectivity index (χ2v) is 7.63. The average Bonchev–Trinajstić information content (AvgIpc) is 3.37. The lowest BCUT2D eigenvalue weighted by atomic mass is 9.94. The van der Waals surface area contributed by atoms with Gasteiger partial charge in [-0.1, -0.05) is 30.3 Å². The van der Waals surface area contributed by atoms with Crippen molar-refractivity contribution in [2.45, 2.75) is 25.2 Å². The van der Waals surface area contributed by atoms with Crippen LogP contribution < -0.4 is 10.1 Å². The van der Waals surface area contributed by atoms with Crippen molar-refractivity contribution in [3.63, 3.8) is 0 Å². The zero-order valence-electron chi connectivity index (χ0n) is 14.8. The molecule has 5 heteroatoms. The van der Waals surface area contributed by atoms with Crippen molar-refractivity contribution in [1.29, 1.82) is 0 Å². The summed E-state index contributed by atoms with van der Waals surface area (Å²) < 4.78 is 5.45. The summed E-state index contributed by atoms with van der Waals surface area (Å²) in [6, 6.07) is 15.6. The molecule has 2 aromatic carbocycles. The van der Waals surface area contributed by atoms with Gasteiger partial charge in [-0.25, -0.2) is 4.98 Å². The highest BCUT2D eigenvalue weighted by molar-refractivity contribution is 7.09. The minimum absolute atomic E-state index is 0.0271. The van der Waals surface area contributed by atoms with Gasteiger partial charge in [0, 0.05) is 22.2 Å². The quantitative estimate of drug-likeness (QED) is 0.708. The van der Waals surface area contributed by atoms with Gasteiger partial charge in [0.05, 0.1) is 23.2 Å². The van der Waals surface area contributed by atoms with Gasteiger partial charge in [0.1, 0.15) is 5.75 Å². The molecule has 1 aromatic heterocycles. The van der Waals surface area contributed by atoms with Crippen molar-refractivity contribution < 1.29 is 9.53 Å². The van der Waals surface area contributed by atoms with E-state index in [1.807, 2.05) is 60.8 Å². The molecule has 0 aliphatic heterocycles. The third kappa shape index (κ3) is 2.99. The van der Waals surface area contributed by atoms with Gasteiger partial charge in [-0.05, 0) is 38.0 Å². The molecule has 3 aromatic rings. The fraction of sp³-hybridized carbons (Fsp3) is 0.238. The summed E-state index contributed by atoms with van der Waals surface area (Å²) >= 11 is 1.63. The van der Waals surface area contributed by atoms with Crippen LogP contribution >= 0.6 is 11.3 Å². The number of hydrogen-bond donors (Lipinski definition) is 1. The van der Waals surface area contributed by atoms with E-state index in [0.717, 1.165) is 46.1 Å². The van der Waals surface area contributed by atoms with Gasteiger partial charge in [0.25, 0.3) is 0 Å². The molecule has 26 heavy (non-hydrogen) atoms. The van der Waals surface area contributed by atoms with Crippen LogP contribution in [0.1, 0.15) is 23.4 Å². The Morgan fingerprint density at radius 3 is 2.50 bits per heavy atom. The molecular weight excluding hydrogens is 344 g/mol. The first-order valence-corrected chi connectivity index (χ1v) is 9.48. The largest absolute Gasteiger partial charge is 0.496 e. The molecule has 0 unspecified atom stereocenters. The molecule has 4 rings (SSSR count). The van der Waals surface area contributed by atoms with Crippen LogP contribution in [0.2, 0.25) is 0 Å². The lowest BCUT2D eigenvalue weighted by Gasteiger charge is -2.18. The van der Waals surface area contributed by atoms with Crippen molar-refractivity contribution in [3.8, 4) is 17.0 Å². The predicted molar refractivity (Wildman–Crippen MR) is 105 cm³/mol. The fourth-order valence-electron chi connectivity index (χ4n) is 3.25. The first-order valence-electron chi connectivity index (χ1n) is 8.60. The Labute approximate surface area is 156 Å². The van der Waals surface area contributed by atoms with E-state index in [0.29, 0.717) is 0 Å². The van der Waals surface area contributed by atoms with E-state index in [1.54, 1.807) is 18.4 Å². The Morgan fingerprint density at radius 2 is 1.88 bits per heavy atom. The highest BCUT2D eigenvalue weighted by atomic mass is 32.1. The van der Waals surface area contributed by atoms with Gasteiger partial charge in [-0.2, -0.15) is 0 Å². The molecule has 0 spiro atoms. The molecule has 0 bridgehead atoms. The maximum atomic E-state index is 12.9. The van der Waals surface area contributed by atoms with E-state index in [2.05, 4.69) is 10.3 Å². The number of aromatic nitrogens is 1. The van der Waals surface area contributed by atoms with Gasteiger partial charge < -0.3 is 10.1 Å². The van der Waals surface area contributed by atoms with Crippen LogP contribution in [-0.4, -0.2) is 18.0 Å². The predicted octanol–water partition coefficient (Wildman–Crippen LogP) is 4.80. The molecule has 1 aliphatic rings. The highest BCUT2D eigenvalue weighted by Gasteiger charge is 2.52. The van der Waals surface area contributed by atoms with E-state index < -0.39 is 5.41 Å². The molecule has 1 aliphatic carbocycles. The topological polar surface area (TPSA) is 51.2 Å². The van der Waals surface area contributed by atoms with E-state index in [-0.39, 0.29) is 5.91 Å². The van der Waals surface area contributed by atoms with E-state index in [9.17, 15) is 4.79 Å². The summed E-state index contributed by atoms with van der Waals surface area (Å²) in [6.07, 6.45) is 1.69. The van der Waals surface area contributed by atoms with E-state index in [1.165, 1.54) is 0 Å². The standard InChI is InChI=1S/C21H20N2O2S/c1-14-22-18(13-26-14)15-7-9-16(10-8-15)23-20(24)21(11-12-21)17-5-3-4-6-19(17)25-2/h3-10,13H,11-12H2,1-2H3,(H,23,24). The first kappa shape index (κ1) is 16.8. The number of nitrogens with one attached hydrogen (secondary N) is 1. The van der Waals surface area contributed by atoms with Crippen molar-refractivity contribution in [2.24, 2.45) is 0 Å². The molecule has 1 heterocycles. The number of hydrogen-bond acceptors (Lipinski definition) is 4. The number of nitrogens with zero attached hydrogens (tertiary/aromatic N) is 1. The summed E-state index contributed by atoms with van der Waals surface area (Å²) in [5, 5.41) is 6.16. The SMILES string of the molecule is COc1ccccc1C1(C(=O)Nc2ccc(-c3csc(C)n3)cc2)CC1. The fourth-order valence-corrected chi connectivity index (χ4v) is 3.88. The summed E-state index contributed by atoms with van der Waals surface area (Å²) in [6.45, 7) is 2.00. The van der Waals surface area contributed by atoms with Crippen LogP contribution in [0.4, 0.5) is 5.69 Å². The van der Waals surface area contributed by atoms with Crippen molar-refractivity contribution in [1.82, 2.24) is 4.98 Å². The number of thiazole rings is 1. The highest BCUT2D eigenvalue weighted by Crippen LogP contribution is 2.52. The van der Waals surface area contributed by atoms with E-state index in [4.69, 9.17) is 4.74 Å². The third-order valence-corrected chi connectivity index (χ3v) is 5.64. The lowest BCUT2D eigenvalue weighted by Crippen LogP contribution is -2.28. The zero-order chi connectivity index (χ0) is 18.1. The Kier molecular flexibility index (Phi) is 4.24. The van der Waals surface area contributed by atoms with Gasteiger partial charge in [-0.15, -0.1) is 11.3 Å². The normalized spacial score (nSPS) is 14.7. The molecule has 1 amide bonds. The zero-order valence-corrected chi connectivity index (χ0v) is 15.6. The number of para-hydroxylation sites is 1. The number of methoxy groups -OCH3 is 1. The van der Waals surface area contributed by atoms with Crippen LogP contribution in [0, 0.1) is 6.92 Å². The average molecular weight is 364 g/mol. The lowest BCUT2D eigenvalue weighted by molar-refractivity contribution is -0.118. The molecule has 132 valence electrons. The van der Waals surface area contributed by atoms with Gasteiger partial charge >= 0.3 is 0 Å². The van der Waals surface area contributed by atoms with E-state index >= 15 is 0 Å². The molecule has 0 saturated heterocycles. The number of aryl methyl sites for hydroxylation is 1. The summed E-state index contributed by atoms with van der Waals surface area (Å²) in [5.41, 5.74) is 3.31.